The molecule has 0 atom stereocenters. The summed E-state index contributed by atoms with van der Waals surface area (Å²) in [6, 6.07) is 6.62. The van der Waals surface area contributed by atoms with E-state index < -0.39 is 5.97 Å². The van der Waals surface area contributed by atoms with Gasteiger partial charge < -0.3 is 14.5 Å². The molecular weight excluding hydrogens is 246 g/mol. The standard InChI is InChI=1S/C14H13NO4/c1-9-11(14(17)18-2)4-3-5-12(9)15-13(16)10-6-7-19-8-10/h3-8H,1-2H3,(H,15,16). The van der Waals surface area contributed by atoms with E-state index in [1.54, 1.807) is 31.2 Å². The average Bonchev–Trinajstić information content (AvgIpc) is 2.94. The van der Waals surface area contributed by atoms with Crippen LogP contribution in [0.2, 0.25) is 0 Å². The van der Waals surface area contributed by atoms with Gasteiger partial charge >= 0.3 is 5.97 Å². The molecule has 0 aliphatic heterocycles. The first-order chi connectivity index (χ1) is 9.13. The van der Waals surface area contributed by atoms with Crippen molar-refractivity contribution in [2.75, 3.05) is 12.4 Å². The van der Waals surface area contributed by atoms with Gasteiger partial charge in [-0.1, -0.05) is 6.07 Å². The predicted molar refractivity (Wildman–Crippen MR) is 69.2 cm³/mol. The summed E-state index contributed by atoms with van der Waals surface area (Å²) in [5.41, 5.74) is 2.07. The van der Waals surface area contributed by atoms with Crippen LogP contribution >= 0.6 is 0 Å². The smallest absolute Gasteiger partial charge is 0.338 e. The van der Waals surface area contributed by atoms with Crippen LogP contribution in [0.1, 0.15) is 26.3 Å². The quantitative estimate of drug-likeness (QED) is 0.860. The number of hydrogen-bond acceptors (Lipinski definition) is 4. The number of furan rings is 1. The maximum absolute atomic E-state index is 11.9. The van der Waals surface area contributed by atoms with Crippen LogP contribution < -0.4 is 5.32 Å². The van der Waals surface area contributed by atoms with Gasteiger partial charge in [0.05, 0.1) is 24.5 Å². The van der Waals surface area contributed by atoms with E-state index in [0.29, 0.717) is 22.4 Å². The van der Waals surface area contributed by atoms with Crippen LogP contribution in [0.3, 0.4) is 0 Å². The molecule has 1 aromatic carbocycles. The van der Waals surface area contributed by atoms with E-state index >= 15 is 0 Å². The molecule has 0 aliphatic carbocycles. The Morgan fingerprint density at radius 3 is 2.68 bits per heavy atom. The minimum absolute atomic E-state index is 0.293. The Morgan fingerprint density at radius 1 is 1.26 bits per heavy atom. The largest absolute Gasteiger partial charge is 0.472 e. The number of esters is 1. The maximum Gasteiger partial charge on any atom is 0.338 e. The van der Waals surface area contributed by atoms with Crippen molar-refractivity contribution < 1.29 is 18.7 Å². The summed E-state index contributed by atoms with van der Waals surface area (Å²) < 4.78 is 9.53. The molecule has 1 N–H and O–H groups in total. The van der Waals surface area contributed by atoms with Crippen molar-refractivity contribution in [3.63, 3.8) is 0 Å². The Labute approximate surface area is 110 Å². The summed E-state index contributed by atoms with van der Waals surface area (Å²) in [5, 5.41) is 2.73. The van der Waals surface area contributed by atoms with Gasteiger partial charge in [-0.25, -0.2) is 4.79 Å². The molecule has 19 heavy (non-hydrogen) atoms. The number of rotatable bonds is 3. The lowest BCUT2D eigenvalue weighted by Gasteiger charge is -2.10. The van der Waals surface area contributed by atoms with Gasteiger partial charge in [0.2, 0.25) is 0 Å². The zero-order chi connectivity index (χ0) is 13.8. The Kier molecular flexibility index (Phi) is 3.66. The number of carbonyl (C=O) groups is 2. The molecule has 2 aromatic rings. The number of ether oxygens (including phenoxy) is 1. The third-order valence-corrected chi connectivity index (χ3v) is 2.77. The summed E-state index contributed by atoms with van der Waals surface area (Å²) in [6.45, 7) is 1.75. The maximum atomic E-state index is 11.9. The van der Waals surface area contributed by atoms with Crippen LogP contribution in [0.15, 0.2) is 41.2 Å². The molecule has 0 bridgehead atoms. The summed E-state index contributed by atoms with van der Waals surface area (Å²) in [7, 11) is 1.32. The molecule has 1 aromatic heterocycles. The first kappa shape index (κ1) is 12.9. The van der Waals surface area contributed by atoms with Gasteiger partial charge in [-0.3, -0.25) is 4.79 Å². The van der Waals surface area contributed by atoms with Gasteiger partial charge in [0, 0.05) is 5.69 Å². The number of hydrogen-bond donors (Lipinski definition) is 1. The van der Waals surface area contributed by atoms with E-state index in [1.165, 1.54) is 19.6 Å². The number of carbonyl (C=O) groups excluding carboxylic acids is 2. The predicted octanol–water partition coefficient (Wildman–Crippen LogP) is 2.63. The van der Waals surface area contributed by atoms with E-state index in [4.69, 9.17) is 4.42 Å². The minimum atomic E-state index is -0.433. The molecule has 5 nitrogen and oxygen atoms in total. The highest BCUT2D eigenvalue weighted by Gasteiger charge is 2.14. The molecule has 0 saturated heterocycles. The van der Waals surface area contributed by atoms with Crippen molar-refractivity contribution >= 4 is 17.6 Å². The van der Waals surface area contributed by atoms with E-state index in [1.807, 2.05) is 0 Å². The van der Waals surface area contributed by atoms with Gasteiger partial charge in [0.1, 0.15) is 6.26 Å². The van der Waals surface area contributed by atoms with E-state index in [9.17, 15) is 9.59 Å². The molecule has 2 rings (SSSR count). The zero-order valence-corrected chi connectivity index (χ0v) is 10.6. The Balaban J connectivity index is 2.26. The SMILES string of the molecule is COC(=O)c1cccc(NC(=O)c2ccoc2)c1C. The van der Waals surface area contributed by atoms with Gasteiger partial charge in [0.15, 0.2) is 0 Å². The third kappa shape index (κ3) is 2.65. The number of methoxy groups -OCH3 is 1. The topological polar surface area (TPSA) is 68.5 Å². The van der Waals surface area contributed by atoms with Crippen LogP contribution in [0.4, 0.5) is 5.69 Å². The molecule has 0 aliphatic rings. The van der Waals surface area contributed by atoms with E-state index in [-0.39, 0.29) is 5.91 Å². The van der Waals surface area contributed by atoms with E-state index in [0.717, 1.165) is 0 Å². The third-order valence-electron chi connectivity index (χ3n) is 2.77. The normalized spacial score (nSPS) is 10.0. The Hall–Kier alpha value is -2.56. The fourth-order valence-corrected chi connectivity index (χ4v) is 1.69. The molecule has 1 amide bonds. The summed E-state index contributed by atoms with van der Waals surface area (Å²) >= 11 is 0. The van der Waals surface area contributed by atoms with Crippen LogP contribution in [0.5, 0.6) is 0 Å². The van der Waals surface area contributed by atoms with Crippen LogP contribution in [-0.4, -0.2) is 19.0 Å². The summed E-state index contributed by atoms with van der Waals surface area (Å²) in [6.07, 6.45) is 2.78. The van der Waals surface area contributed by atoms with Gasteiger partial charge in [-0.2, -0.15) is 0 Å². The second-order valence-electron chi connectivity index (χ2n) is 3.94. The highest BCUT2D eigenvalue weighted by atomic mass is 16.5. The molecule has 0 spiro atoms. The highest BCUT2D eigenvalue weighted by Crippen LogP contribution is 2.20. The van der Waals surface area contributed by atoms with Crippen LogP contribution in [0, 0.1) is 6.92 Å². The van der Waals surface area contributed by atoms with Crippen molar-refractivity contribution in [3.05, 3.63) is 53.5 Å². The summed E-state index contributed by atoms with van der Waals surface area (Å²) in [4.78, 5) is 23.4. The first-order valence-corrected chi connectivity index (χ1v) is 5.65. The van der Waals surface area contributed by atoms with Gasteiger partial charge in [0.25, 0.3) is 5.91 Å². The number of anilines is 1. The lowest BCUT2D eigenvalue weighted by Crippen LogP contribution is -2.13. The number of nitrogens with one attached hydrogen (secondary N) is 1. The van der Waals surface area contributed by atoms with Crippen molar-refractivity contribution in [1.82, 2.24) is 0 Å². The first-order valence-electron chi connectivity index (χ1n) is 5.65. The Bertz CT molecular complexity index is 602. The van der Waals surface area contributed by atoms with Crippen molar-refractivity contribution in [2.24, 2.45) is 0 Å². The van der Waals surface area contributed by atoms with Crippen molar-refractivity contribution in [2.45, 2.75) is 6.92 Å². The fraction of sp³-hybridized carbons (Fsp3) is 0.143. The lowest BCUT2D eigenvalue weighted by molar-refractivity contribution is 0.0599. The number of benzene rings is 1. The minimum Gasteiger partial charge on any atom is -0.472 e. The molecule has 1 heterocycles. The molecule has 98 valence electrons. The molecular formula is C14H13NO4. The average molecular weight is 259 g/mol. The van der Waals surface area contributed by atoms with Crippen molar-refractivity contribution in [1.29, 1.82) is 0 Å². The van der Waals surface area contributed by atoms with E-state index in [2.05, 4.69) is 10.1 Å². The number of amides is 1. The molecule has 5 heteroatoms. The summed E-state index contributed by atoms with van der Waals surface area (Å²) in [5.74, 6) is -0.726. The second-order valence-corrected chi connectivity index (χ2v) is 3.94. The Morgan fingerprint density at radius 2 is 2.05 bits per heavy atom. The molecule has 0 radical (unpaired) electrons. The fourth-order valence-electron chi connectivity index (χ4n) is 1.69. The van der Waals surface area contributed by atoms with Crippen LogP contribution in [0.25, 0.3) is 0 Å². The second kappa shape index (κ2) is 5.39. The highest BCUT2D eigenvalue weighted by molar-refractivity contribution is 6.05. The molecule has 0 unspecified atom stereocenters. The molecule has 0 fully saturated rings. The monoisotopic (exact) mass is 259 g/mol. The lowest BCUT2D eigenvalue weighted by atomic mass is 10.1. The van der Waals surface area contributed by atoms with Crippen molar-refractivity contribution in [3.8, 4) is 0 Å². The molecule has 0 saturated carbocycles. The van der Waals surface area contributed by atoms with Gasteiger partial charge in [-0.15, -0.1) is 0 Å². The zero-order valence-electron chi connectivity index (χ0n) is 10.6. The van der Waals surface area contributed by atoms with Crippen LogP contribution in [-0.2, 0) is 4.74 Å². The van der Waals surface area contributed by atoms with Gasteiger partial charge in [-0.05, 0) is 30.7 Å².